The normalized spacial score (nSPS) is 21.4. The number of anilines is 1. The Hall–Kier alpha value is -2.40. The number of carbonyl (C=O) groups is 1. The van der Waals surface area contributed by atoms with Gasteiger partial charge in [-0.05, 0) is 92.5 Å². The second-order valence-corrected chi connectivity index (χ2v) is 10.2. The number of unbranched alkanes of at least 4 members (excludes halogenated alkanes) is 2. The van der Waals surface area contributed by atoms with E-state index in [2.05, 4.69) is 34.5 Å². The molecule has 5 rings (SSSR count). The predicted octanol–water partition coefficient (Wildman–Crippen LogP) is 5.57. The zero-order chi connectivity index (χ0) is 22.6. The van der Waals surface area contributed by atoms with Crippen LogP contribution in [-0.4, -0.2) is 40.6 Å². The van der Waals surface area contributed by atoms with Gasteiger partial charge in [0.2, 0.25) is 0 Å². The fourth-order valence-electron chi connectivity index (χ4n) is 5.77. The molecule has 5 heteroatoms. The number of aryl methyl sites for hydroxylation is 2. The number of nitrogens with zero attached hydrogens (tertiary/aromatic N) is 2. The highest BCUT2D eigenvalue weighted by molar-refractivity contribution is 5.76. The number of benzene rings is 1. The Bertz CT molecular complexity index is 971. The Labute approximate surface area is 197 Å². The molecule has 2 N–H and O–H groups in total. The Morgan fingerprint density at radius 2 is 2.00 bits per heavy atom. The van der Waals surface area contributed by atoms with Crippen LogP contribution in [0.3, 0.4) is 0 Å². The summed E-state index contributed by atoms with van der Waals surface area (Å²) >= 11 is 0. The van der Waals surface area contributed by atoms with E-state index in [1.807, 2.05) is 12.1 Å². The van der Waals surface area contributed by atoms with Gasteiger partial charge in [-0.15, -0.1) is 0 Å². The van der Waals surface area contributed by atoms with Crippen molar-refractivity contribution in [3.05, 3.63) is 58.8 Å². The predicted molar refractivity (Wildman–Crippen MR) is 132 cm³/mol. The summed E-state index contributed by atoms with van der Waals surface area (Å²) in [6.07, 6.45) is 11.7. The Kier molecular flexibility index (Phi) is 6.96. The average molecular weight is 448 g/mol. The lowest BCUT2D eigenvalue weighted by Gasteiger charge is -2.26. The Balaban J connectivity index is 1.08. The maximum Gasteiger partial charge on any atom is 0.325 e. The molecule has 1 aromatic carbocycles. The van der Waals surface area contributed by atoms with E-state index in [0.717, 1.165) is 50.3 Å². The highest BCUT2D eigenvalue weighted by Gasteiger charge is 2.37. The number of carboxylic acid groups (broad SMARTS) is 1. The van der Waals surface area contributed by atoms with Crippen LogP contribution >= 0.6 is 0 Å². The molecule has 0 radical (unpaired) electrons. The van der Waals surface area contributed by atoms with Crippen LogP contribution in [0.2, 0.25) is 0 Å². The van der Waals surface area contributed by atoms with E-state index in [9.17, 15) is 9.90 Å². The van der Waals surface area contributed by atoms with Gasteiger partial charge in [0.1, 0.15) is 11.9 Å². The van der Waals surface area contributed by atoms with Crippen LogP contribution in [0.5, 0.6) is 0 Å². The molecule has 3 heterocycles. The van der Waals surface area contributed by atoms with Gasteiger partial charge in [0.15, 0.2) is 0 Å². The Morgan fingerprint density at radius 1 is 1.12 bits per heavy atom. The minimum Gasteiger partial charge on any atom is -0.480 e. The van der Waals surface area contributed by atoms with Crippen molar-refractivity contribution in [1.29, 1.82) is 0 Å². The zero-order valence-electron chi connectivity index (χ0n) is 19.6. The number of likely N-dealkylation sites (tertiary alicyclic amines) is 1. The number of pyridine rings is 1. The van der Waals surface area contributed by atoms with Crippen molar-refractivity contribution >= 4 is 11.8 Å². The first-order chi connectivity index (χ1) is 16.2. The summed E-state index contributed by atoms with van der Waals surface area (Å²) in [4.78, 5) is 19.3. The van der Waals surface area contributed by atoms with Crippen molar-refractivity contribution in [2.45, 2.75) is 76.2 Å². The molecule has 1 saturated carbocycles. The van der Waals surface area contributed by atoms with Crippen LogP contribution in [0.15, 0.2) is 36.4 Å². The fraction of sp³-hybridized carbons (Fsp3) is 0.571. The molecule has 2 fully saturated rings. The molecule has 3 aliphatic rings. The van der Waals surface area contributed by atoms with Crippen molar-refractivity contribution in [3.8, 4) is 0 Å². The molecule has 0 amide bonds. The summed E-state index contributed by atoms with van der Waals surface area (Å²) in [5, 5.41) is 13.5. The lowest BCUT2D eigenvalue weighted by atomic mass is 9.96. The van der Waals surface area contributed by atoms with E-state index in [1.165, 1.54) is 61.8 Å². The largest absolute Gasteiger partial charge is 0.480 e. The standard InChI is InChI=1S/C28H37N3O2/c32-28(33)26(25-11-5-4-10-24(25)21-12-13-21)31-18-16-20(19-31)7-2-1-3-9-23-15-14-22-8-6-17-29-27(22)30-23/h4-5,10-11,14-15,20-21,26H,1-3,6-9,12-13,16-19H2,(H,29,30)(H,32,33)/t20-,26-/m1/s1. The van der Waals surface area contributed by atoms with E-state index >= 15 is 0 Å². The molecule has 2 atom stereocenters. The number of hydrogen-bond acceptors (Lipinski definition) is 4. The third-order valence-corrected chi connectivity index (χ3v) is 7.72. The van der Waals surface area contributed by atoms with Crippen molar-refractivity contribution in [2.75, 3.05) is 25.0 Å². The molecule has 176 valence electrons. The lowest BCUT2D eigenvalue weighted by Crippen LogP contribution is -2.33. The first-order valence-corrected chi connectivity index (χ1v) is 13.0. The minimum absolute atomic E-state index is 0.490. The molecule has 0 bridgehead atoms. The molecule has 0 unspecified atom stereocenters. The number of rotatable bonds is 10. The summed E-state index contributed by atoms with van der Waals surface area (Å²) in [5.74, 6) is 1.59. The van der Waals surface area contributed by atoms with E-state index in [0.29, 0.717) is 11.8 Å². The number of nitrogens with one attached hydrogen (secondary N) is 1. The van der Waals surface area contributed by atoms with Gasteiger partial charge in [-0.25, -0.2) is 4.98 Å². The van der Waals surface area contributed by atoms with Crippen LogP contribution < -0.4 is 5.32 Å². The van der Waals surface area contributed by atoms with Crippen molar-refractivity contribution in [1.82, 2.24) is 9.88 Å². The van der Waals surface area contributed by atoms with E-state index in [-0.39, 0.29) is 0 Å². The monoisotopic (exact) mass is 447 g/mol. The van der Waals surface area contributed by atoms with E-state index in [1.54, 1.807) is 0 Å². The van der Waals surface area contributed by atoms with E-state index in [4.69, 9.17) is 4.98 Å². The number of fused-ring (bicyclic) bond motifs is 1. The third kappa shape index (κ3) is 5.40. The molecular weight excluding hydrogens is 410 g/mol. The first kappa shape index (κ1) is 22.4. The van der Waals surface area contributed by atoms with Crippen LogP contribution in [0.1, 0.15) is 85.7 Å². The quantitative estimate of drug-likeness (QED) is 0.466. The van der Waals surface area contributed by atoms with Gasteiger partial charge in [-0.3, -0.25) is 9.69 Å². The molecule has 5 nitrogen and oxygen atoms in total. The molecular formula is C28H37N3O2. The number of aromatic nitrogens is 1. The summed E-state index contributed by atoms with van der Waals surface area (Å²) in [6.45, 7) is 2.84. The van der Waals surface area contributed by atoms with Crippen LogP contribution in [0.4, 0.5) is 5.82 Å². The molecule has 1 saturated heterocycles. The molecule has 2 aromatic rings. The van der Waals surface area contributed by atoms with E-state index < -0.39 is 12.0 Å². The van der Waals surface area contributed by atoms with Crippen LogP contribution in [0, 0.1) is 5.92 Å². The molecule has 33 heavy (non-hydrogen) atoms. The number of hydrogen-bond donors (Lipinski definition) is 2. The SMILES string of the molecule is O=C(O)[C@@H](c1ccccc1C1CC1)N1CC[C@@H](CCCCCc2ccc3c(n2)NCCC3)C1. The lowest BCUT2D eigenvalue weighted by molar-refractivity contribution is -0.143. The Morgan fingerprint density at radius 3 is 2.85 bits per heavy atom. The number of aliphatic carboxylic acids is 1. The summed E-state index contributed by atoms with van der Waals surface area (Å²) in [6, 6.07) is 12.2. The van der Waals surface area contributed by atoms with Gasteiger partial charge in [-0.2, -0.15) is 0 Å². The van der Waals surface area contributed by atoms with Gasteiger partial charge in [-0.1, -0.05) is 43.2 Å². The fourth-order valence-corrected chi connectivity index (χ4v) is 5.77. The van der Waals surface area contributed by atoms with Crippen molar-refractivity contribution in [3.63, 3.8) is 0 Å². The summed E-state index contributed by atoms with van der Waals surface area (Å²) < 4.78 is 0. The average Bonchev–Trinajstić information content (AvgIpc) is 3.58. The molecule has 2 aliphatic heterocycles. The first-order valence-electron chi connectivity index (χ1n) is 13.0. The van der Waals surface area contributed by atoms with Gasteiger partial charge in [0, 0.05) is 18.8 Å². The maximum atomic E-state index is 12.3. The smallest absolute Gasteiger partial charge is 0.325 e. The second kappa shape index (κ2) is 10.3. The van der Waals surface area contributed by atoms with Crippen LogP contribution in [0.25, 0.3) is 0 Å². The van der Waals surface area contributed by atoms with Crippen molar-refractivity contribution < 1.29 is 9.90 Å². The molecule has 1 aliphatic carbocycles. The molecule has 0 spiro atoms. The van der Waals surface area contributed by atoms with Gasteiger partial charge in [0.25, 0.3) is 0 Å². The summed E-state index contributed by atoms with van der Waals surface area (Å²) in [7, 11) is 0. The topological polar surface area (TPSA) is 65.5 Å². The van der Waals surface area contributed by atoms with Crippen molar-refractivity contribution in [2.24, 2.45) is 5.92 Å². The zero-order valence-corrected chi connectivity index (χ0v) is 19.6. The van der Waals surface area contributed by atoms with Crippen LogP contribution in [-0.2, 0) is 17.6 Å². The maximum absolute atomic E-state index is 12.3. The second-order valence-electron chi connectivity index (χ2n) is 10.2. The molecule has 1 aromatic heterocycles. The summed E-state index contributed by atoms with van der Waals surface area (Å²) in [5.41, 5.74) is 4.85. The highest BCUT2D eigenvalue weighted by atomic mass is 16.4. The van der Waals surface area contributed by atoms with Gasteiger partial charge < -0.3 is 10.4 Å². The van der Waals surface area contributed by atoms with Gasteiger partial charge in [0.05, 0.1) is 0 Å². The minimum atomic E-state index is -0.698. The van der Waals surface area contributed by atoms with Gasteiger partial charge >= 0.3 is 5.97 Å². The highest BCUT2D eigenvalue weighted by Crippen LogP contribution is 2.44. The third-order valence-electron chi connectivity index (χ3n) is 7.72. The number of carboxylic acids is 1.